The molecule has 100 valence electrons. The van der Waals surface area contributed by atoms with E-state index < -0.39 is 0 Å². The molecule has 0 unspecified atom stereocenters. The first kappa shape index (κ1) is 12.1. The van der Waals surface area contributed by atoms with Gasteiger partial charge >= 0.3 is 0 Å². The number of hydrazine groups is 1. The van der Waals surface area contributed by atoms with Crippen LogP contribution in [0, 0.1) is 0 Å². The van der Waals surface area contributed by atoms with Crippen LogP contribution in [-0.4, -0.2) is 19.7 Å². The van der Waals surface area contributed by atoms with Crippen LogP contribution in [0.3, 0.4) is 0 Å². The topological polar surface area (TPSA) is 108 Å². The zero-order chi connectivity index (χ0) is 13.9. The quantitative estimate of drug-likeness (QED) is 0.486. The average molecular weight is 267 g/mol. The molecule has 7 heteroatoms. The van der Waals surface area contributed by atoms with E-state index in [1.807, 2.05) is 36.5 Å². The first-order chi connectivity index (χ1) is 9.76. The van der Waals surface area contributed by atoms with E-state index in [2.05, 4.69) is 20.5 Å². The van der Waals surface area contributed by atoms with Gasteiger partial charge in [0.15, 0.2) is 5.82 Å². The second-order valence-electron chi connectivity index (χ2n) is 4.15. The first-order valence-electron chi connectivity index (χ1n) is 5.98. The van der Waals surface area contributed by atoms with Gasteiger partial charge in [0, 0.05) is 17.8 Å². The van der Waals surface area contributed by atoms with Crippen molar-refractivity contribution in [2.75, 3.05) is 11.2 Å². The maximum atomic E-state index is 5.63. The molecule has 0 spiro atoms. The fraction of sp³-hybridized carbons (Fsp3) is 0. The lowest BCUT2D eigenvalue weighted by atomic mass is 10.1. The summed E-state index contributed by atoms with van der Waals surface area (Å²) in [5, 5.41) is 4.28. The first-order valence-corrected chi connectivity index (χ1v) is 5.98. The Bertz CT molecular complexity index is 721. The van der Waals surface area contributed by atoms with Crippen molar-refractivity contribution in [3.05, 3.63) is 48.8 Å². The van der Waals surface area contributed by atoms with Crippen molar-refractivity contribution in [3.8, 4) is 16.9 Å². The van der Waals surface area contributed by atoms with Crippen LogP contribution in [0.15, 0.2) is 48.8 Å². The molecule has 0 fully saturated rings. The minimum absolute atomic E-state index is 0.132. The lowest BCUT2D eigenvalue weighted by Crippen LogP contribution is -2.12. The van der Waals surface area contributed by atoms with E-state index in [4.69, 9.17) is 11.6 Å². The van der Waals surface area contributed by atoms with Crippen LogP contribution < -0.4 is 17.0 Å². The van der Waals surface area contributed by atoms with Crippen molar-refractivity contribution in [3.63, 3.8) is 0 Å². The number of nitrogens with zero attached hydrogens (tertiary/aromatic N) is 4. The lowest BCUT2D eigenvalue weighted by Gasteiger charge is -2.04. The number of nitrogens with two attached hydrogens (primary N) is 2. The Balaban J connectivity index is 2.00. The maximum absolute atomic E-state index is 5.63. The molecule has 0 atom stereocenters. The van der Waals surface area contributed by atoms with Crippen molar-refractivity contribution in [2.24, 2.45) is 5.84 Å². The second-order valence-corrected chi connectivity index (χ2v) is 4.15. The highest BCUT2D eigenvalue weighted by atomic mass is 15.3. The number of nitrogen functional groups attached to an aromatic ring is 2. The Labute approximate surface area is 115 Å². The summed E-state index contributed by atoms with van der Waals surface area (Å²) in [6.45, 7) is 0. The van der Waals surface area contributed by atoms with Crippen molar-refractivity contribution in [1.29, 1.82) is 0 Å². The predicted octanol–water partition coefficient (Wildman–Crippen LogP) is 1.20. The van der Waals surface area contributed by atoms with Gasteiger partial charge in [-0.25, -0.2) is 10.5 Å². The Morgan fingerprint density at radius 3 is 2.60 bits per heavy atom. The third-order valence-corrected chi connectivity index (χ3v) is 2.80. The van der Waals surface area contributed by atoms with E-state index in [0.717, 1.165) is 11.1 Å². The standard InChI is InChI=1S/C13H13N7/c14-13-17-11(19-15)6-12(18-13)20-8-10(7-16-20)9-4-2-1-3-5-9/h1-8H,15H2,(H3,14,17,18,19). The largest absolute Gasteiger partial charge is 0.368 e. The summed E-state index contributed by atoms with van der Waals surface area (Å²) in [5.74, 6) is 6.45. The molecule has 0 aliphatic carbocycles. The summed E-state index contributed by atoms with van der Waals surface area (Å²) >= 11 is 0. The number of rotatable bonds is 3. The SMILES string of the molecule is NNc1cc(-n2cc(-c3ccccc3)cn2)nc(N)n1. The fourth-order valence-electron chi connectivity index (χ4n) is 1.87. The van der Waals surface area contributed by atoms with Crippen LogP contribution in [0.25, 0.3) is 16.9 Å². The predicted molar refractivity (Wildman–Crippen MR) is 76.8 cm³/mol. The lowest BCUT2D eigenvalue weighted by molar-refractivity contribution is 0.843. The van der Waals surface area contributed by atoms with Crippen LogP contribution >= 0.6 is 0 Å². The molecule has 20 heavy (non-hydrogen) atoms. The Morgan fingerprint density at radius 1 is 1.05 bits per heavy atom. The molecular weight excluding hydrogens is 254 g/mol. The zero-order valence-electron chi connectivity index (χ0n) is 10.6. The summed E-state index contributed by atoms with van der Waals surface area (Å²) in [7, 11) is 0. The molecule has 2 heterocycles. The highest BCUT2D eigenvalue weighted by Gasteiger charge is 2.07. The zero-order valence-corrected chi connectivity index (χ0v) is 10.6. The minimum atomic E-state index is 0.132. The highest BCUT2D eigenvalue weighted by Crippen LogP contribution is 2.19. The molecule has 0 aliphatic rings. The van der Waals surface area contributed by atoms with Gasteiger partial charge in [0.25, 0.3) is 0 Å². The molecule has 7 nitrogen and oxygen atoms in total. The van der Waals surface area contributed by atoms with Crippen LogP contribution in [0.1, 0.15) is 0 Å². The number of hydrogen-bond acceptors (Lipinski definition) is 6. The minimum Gasteiger partial charge on any atom is -0.368 e. The third-order valence-electron chi connectivity index (χ3n) is 2.80. The monoisotopic (exact) mass is 267 g/mol. The molecule has 3 aromatic rings. The molecule has 0 saturated heterocycles. The van der Waals surface area contributed by atoms with E-state index in [1.165, 1.54) is 0 Å². The van der Waals surface area contributed by atoms with Crippen LogP contribution in [0.2, 0.25) is 0 Å². The smallest absolute Gasteiger partial charge is 0.224 e. The van der Waals surface area contributed by atoms with E-state index in [9.17, 15) is 0 Å². The fourth-order valence-corrected chi connectivity index (χ4v) is 1.87. The molecule has 2 aromatic heterocycles. The molecule has 0 amide bonds. The number of anilines is 2. The number of benzene rings is 1. The molecule has 1 aromatic carbocycles. The van der Waals surface area contributed by atoms with Gasteiger partial charge in [-0.1, -0.05) is 30.3 Å². The second kappa shape index (κ2) is 4.98. The van der Waals surface area contributed by atoms with Gasteiger partial charge in [-0.2, -0.15) is 15.1 Å². The number of hydrogen-bond donors (Lipinski definition) is 3. The maximum Gasteiger partial charge on any atom is 0.224 e. The Hall–Kier alpha value is -2.93. The van der Waals surface area contributed by atoms with E-state index >= 15 is 0 Å². The molecule has 0 bridgehead atoms. The van der Waals surface area contributed by atoms with Gasteiger partial charge in [0.1, 0.15) is 5.82 Å². The molecule has 0 saturated carbocycles. The van der Waals surface area contributed by atoms with Crippen molar-refractivity contribution >= 4 is 11.8 Å². The molecule has 5 N–H and O–H groups in total. The van der Waals surface area contributed by atoms with Crippen LogP contribution in [0.4, 0.5) is 11.8 Å². The van der Waals surface area contributed by atoms with Gasteiger partial charge in [-0.05, 0) is 5.56 Å². The summed E-state index contributed by atoms with van der Waals surface area (Å²) in [6, 6.07) is 11.6. The Morgan fingerprint density at radius 2 is 1.85 bits per heavy atom. The van der Waals surface area contributed by atoms with E-state index in [-0.39, 0.29) is 5.95 Å². The van der Waals surface area contributed by atoms with Gasteiger partial charge in [0.2, 0.25) is 5.95 Å². The Kier molecular flexibility index (Phi) is 3.02. The highest BCUT2D eigenvalue weighted by molar-refractivity contribution is 5.62. The molecular formula is C13H13N7. The van der Waals surface area contributed by atoms with E-state index in [1.54, 1.807) is 16.9 Å². The van der Waals surface area contributed by atoms with Gasteiger partial charge in [-0.15, -0.1) is 0 Å². The number of aromatic nitrogens is 4. The molecule has 0 radical (unpaired) electrons. The average Bonchev–Trinajstić information content (AvgIpc) is 2.97. The normalized spacial score (nSPS) is 10.4. The summed E-state index contributed by atoms with van der Waals surface area (Å²) in [5.41, 5.74) is 10.1. The summed E-state index contributed by atoms with van der Waals surface area (Å²) in [4.78, 5) is 8.06. The van der Waals surface area contributed by atoms with Crippen molar-refractivity contribution in [1.82, 2.24) is 19.7 Å². The van der Waals surface area contributed by atoms with Crippen LogP contribution in [0.5, 0.6) is 0 Å². The molecule has 3 rings (SSSR count). The van der Waals surface area contributed by atoms with Crippen LogP contribution in [-0.2, 0) is 0 Å². The summed E-state index contributed by atoms with van der Waals surface area (Å²) < 4.78 is 1.63. The van der Waals surface area contributed by atoms with Crippen molar-refractivity contribution in [2.45, 2.75) is 0 Å². The third kappa shape index (κ3) is 2.29. The van der Waals surface area contributed by atoms with Gasteiger partial charge in [0.05, 0.1) is 6.20 Å². The number of nitrogens with one attached hydrogen (secondary N) is 1. The van der Waals surface area contributed by atoms with Crippen molar-refractivity contribution < 1.29 is 0 Å². The van der Waals surface area contributed by atoms with E-state index in [0.29, 0.717) is 11.6 Å². The van der Waals surface area contributed by atoms with Gasteiger partial charge in [-0.3, -0.25) is 0 Å². The van der Waals surface area contributed by atoms with Gasteiger partial charge < -0.3 is 11.2 Å². The summed E-state index contributed by atoms with van der Waals surface area (Å²) in [6.07, 6.45) is 3.64. The molecule has 0 aliphatic heterocycles.